The Morgan fingerprint density at radius 1 is 1.21 bits per heavy atom. The van der Waals surface area contributed by atoms with Gasteiger partial charge in [-0.15, -0.1) is 0 Å². The van der Waals surface area contributed by atoms with Gasteiger partial charge in [0.25, 0.3) is 0 Å². The molecule has 1 atom stereocenters. The maximum absolute atomic E-state index is 5.52. The van der Waals surface area contributed by atoms with Crippen LogP contribution in [0.2, 0.25) is 0 Å². The smallest absolute Gasteiger partial charge is 0.157 e. The van der Waals surface area contributed by atoms with Crippen molar-refractivity contribution in [3.63, 3.8) is 0 Å². The number of nitrogens with zero attached hydrogens (tertiary/aromatic N) is 4. The number of ether oxygens (including phenoxy) is 1. The highest BCUT2D eigenvalue weighted by molar-refractivity contribution is 5.55. The maximum atomic E-state index is 5.52. The summed E-state index contributed by atoms with van der Waals surface area (Å²) in [7, 11) is 0. The molecule has 0 saturated carbocycles. The predicted molar refractivity (Wildman–Crippen MR) is 113 cm³/mol. The van der Waals surface area contributed by atoms with E-state index in [1.165, 1.54) is 31.5 Å². The molecule has 154 valence electrons. The van der Waals surface area contributed by atoms with Crippen molar-refractivity contribution in [3.8, 4) is 0 Å². The van der Waals surface area contributed by atoms with Crippen LogP contribution in [0.3, 0.4) is 0 Å². The molecule has 2 fully saturated rings. The van der Waals surface area contributed by atoms with Gasteiger partial charge in [0.15, 0.2) is 5.65 Å². The van der Waals surface area contributed by atoms with Gasteiger partial charge >= 0.3 is 0 Å². The Kier molecular flexibility index (Phi) is 5.88. The molecule has 0 amide bonds. The SMILES string of the molecule is Cc1nc2cc(C3CCOCC3)nn2c(NCC2CCCN(C(C)C)C2)c1C. The summed E-state index contributed by atoms with van der Waals surface area (Å²) in [5.74, 6) is 2.29. The van der Waals surface area contributed by atoms with E-state index in [0.717, 1.165) is 55.5 Å². The molecule has 2 saturated heterocycles. The van der Waals surface area contributed by atoms with Crippen LogP contribution in [0.25, 0.3) is 5.65 Å². The average Bonchev–Trinajstić information content (AvgIpc) is 3.13. The molecule has 0 spiro atoms. The summed E-state index contributed by atoms with van der Waals surface area (Å²) in [5, 5.41) is 8.72. The summed E-state index contributed by atoms with van der Waals surface area (Å²) < 4.78 is 7.56. The topological polar surface area (TPSA) is 54.7 Å². The van der Waals surface area contributed by atoms with E-state index in [2.05, 4.69) is 44.0 Å². The van der Waals surface area contributed by atoms with Gasteiger partial charge in [0.1, 0.15) is 5.82 Å². The third-order valence-corrected chi connectivity index (χ3v) is 6.58. The molecule has 6 heteroatoms. The molecule has 0 bridgehead atoms. The molecule has 2 aliphatic rings. The zero-order valence-corrected chi connectivity index (χ0v) is 17.9. The van der Waals surface area contributed by atoms with Crippen molar-refractivity contribution in [2.24, 2.45) is 5.92 Å². The summed E-state index contributed by atoms with van der Waals surface area (Å²) in [5.41, 5.74) is 4.40. The number of aryl methyl sites for hydroxylation is 1. The Bertz CT molecular complexity index is 809. The van der Waals surface area contributed by atoms with Crippen LogP contribution < -0.4 is 5.32 Å². The van der Waals surface area contributed by atoms with Gasteiger partial charge in [-0.3, -0.25) is 0 Å². The van der Waals surface area contributed by atoms with Gasteiger partial charge in [-0.25, -0.2) is 4.98 Å². The average molecular weight is 386 g/mol. The van der Waals surface area contributed by atoms with Crippen molar-refractivity contribution in [2.45, 2.75) is 65.3 Å². The number of piperidine rings is 1. The molecular weight excluding hydrogens is 350 g/mol. The summed E-state index contributed by atoms with van der Waals surface area (Å²) in [6, 6.07) is 2.81. The predicted octanol–water partition coefficient (Wildman–Crippen LogP) is 3.77. The van der Waals surface area contributed by atoms with Gasteiger partial charge in [0.05, 0.1) is 5.69 Å². The van der Waals surface area contributed by atoms with E-state index < -0.39 is 0 Å². The zero-order valence-electron chi connectivity index (χ0n) is 17.9. The number of anilines is 1. The van der Waals surface area contributed by atoms with Gasteiger partial charge in [-0.1, -0.05) is 0 Å². The van der Waals surface area contributed by atoms with Crippen LogP contribution in [0.5, 0.6) is 0 Å². The fourth-order valence-corrected chi connectivity index (χ4v) is 4.59. The lowest BCUT2D eigenvalue weighted by atomic mass is 9.97. The number of nitrogens with one attached hydrogen (secondary N) is 1. The second-order valence-corrected chi connectivity index (χ2v) is 8.87. The molecule has 6 nitrogen and oxygen atoms in total. The van der Waals surface area contributed by atoms with E-state index in [1.54, 1.807) is 0 Å². The van der Waals surface area contributed by atoms with E-state index >= 15 is 0 Å². The lowest BCUT2D eigenvalue weighted by Crippen LogP contribution is -2.42. The van der Waals surface area contributed by atoms with Crippen LogP contribution in [0, 0.1) is 19.8 Å². The summed E-state index contributed by atoms with van der Waals surface area (Å²) >= 11 is 0. The molecule has 2 aromatic rings. The van der Waals surface area contributed by atoms with E-state index in [1.807, 2.05) is 4.52 Å². The standard InChI is InChI=1S/C22H35N5O/c1-15(2)26-9-5-6-18(14-26)13-23-22-16(3)17(4)24-21-12-20(25-27(21)22)19-7-10-28-11-8-19/h12,15,18-19,23H,5-11,13-14H2,1-4H3. The number of hydrogen-bond donors (Lipinski definition) is 1. The lowest BCUT2D eigenvalue weighted by Gasteiger charge is -2.35. The maximum Gasteiger partial charge on any atom is 0.157 e. The number of rotatable bonds is 5. The van der Waals surface area contributed by atoms with Crippen LogP contribution in [-0.4, -0.2) is 58.4 Å². The van der Waals surface area contributed by atoms with Gasteiger partial charge in [0, 0.05) is 55.6 Å². The molecule has 0 radical (unpaired) electrons. The first-order valence-corrected chi connectivity index (χ1v) is 11.0. The molecule has 1 N–H and O–H groups in total. The van der Waals surface area contributed by atoms with Crippen LogP contribution in [0.4, 0.5) is 5.82 Å². The molecule has 0 aromatic carbocycles. The molecule has 0 aliphatic carbocycles. The summed E-state index contributed by atoms with van der Waals surface area (Å²) in [6.07, 6.45) is 4.70. The minimum absolute atomic E-state index is 0.488. The number of aromatic nitrogens is 3. The fraction of sp³-hybridized carbons (Fsp3) is 0.727. The Balaban J connectivity index is 1.55. The van der Waals surface area contributed by atoms with E-state index in [4.69, 9.17) is 14.8 Å². The van der Waals surface area contributed by atoms with Crippen molar-refractivity contribution >= 4 is 11.5 Å². The van der Waals surface area contributed by atoms with E-state index in [0.29, 0.717) is 17.9 Å². The van der Waals surface area contributed by atoms with Gasteiger partial charge in [-0.2, -0.15) is 9.61 Å². The first kappa shape index (κ1) is 19.6. The van der Waals surface area contributed by atoms with Gasteiger partial charge < -0.3 is 15.0 Å². The van der Waals surface area contributed by atoms with Crippen LogP contribution in [0.1, 0.15) is 62.4 Å². The molecule has 4 rings (SSSR count). The molecule has 4 heterocycles. The molecule has 1 unspecified atom stereocenters. The van der Waals surface area contributed by atoms with E-state index in [-0.39, 0.29) is 0 Å². The van der Waals surface area contributed by atoms with Crippen molar-refractivity contribution in [1.29, 1.82) is 0 Å². The zero-order chi connectivity index (χ0) is 19.7. The Morgan fingerprint density at radius 3 is 2.75 bits per heavy atom. The fourth-order valence-electron chi connectivity index (χ4n) is 4.59. The first-order valence-electron chi connectivity index (χ1n) is 11.0. The molecule has 2 aliphatic heterocycles. The quantitative estimate of drug-likeness (QED) is 0.849. The van der Waals surface area contributed by atoms with Crippen LogP contribution in [-0.2, 0) is 4.74 Å². The molecular formula is C22H35N5O. The highest BCUT2D eigenvalue weighted by Gasteiger charge is 2.23. The number of hydrogen-bond acceptors (Lipinski definition) is 5. The molecule has 2 aromatic heterocycles. The third kappa shape index (κ3) is 4.03. The van der Waals surface area contributed by atoms with Gasteiger partial charge in [0.2, 0.25) is 0 Å². The second kappa shape index (κ2) is 8.37. The number of fused-ring (bicyclic) bond motifs is 1. The Labute approximate surface area is 168 Å². The van der Waals surface area contributed by atoms with E-state index in [9.17, 15) is 0 Å². The van der Waals surface area contributed by atoms with Crippen molar-refractivity contribution in [1.82, 2.24) is 19.5 Å². The van der Waals surface area contributed by atoms with Crippen molar-refractivity contribution < 1.29 is 4.74 Å². The summed E-state index contributed by atoms with van der Waals surface area (Å²) in [4.78, 5) is 7.41. The minimum Gasteiger partial charge on any atom is -0.381 e. The molecule has 28 heavy (non-hydrogen) atoms. The largest absolute Gasteiger partial charge is 0.381 e. The second-order valence-electron chi connectivity index (χ2n) is 8.87. The monoisotopic (exact) mass is 385 g/mol. The van der Waals surface area contributed by atoms with Gasteiger partial charge in [-0.05, 0) is 65.8 Å². The summed E-state index contributed by atoms with van der Waals surface area (Å²) in [6.45, 7) is 13.9. The van der Waals surface area contributed by atoms with Crippen molar-refractivity contribution in [3.05, 3.63) is 23.0 Å². The first-order chi connectivity index (χ1) is 13.5. The minimum atomic E-state index is 0.488. The number of likely N-dealkylation sites (tertiary alicyclic amines) is 1. The highest BCUT2D eigenvalue weighted by atomic mass is 16.5. The van der Waals surface area contributed by atoms with Crippen LogP contribution in [0.15, 0.2) is 6.07 Å². The van der Waals surface area contributed by atoms with Crippen molar-refractivity contribution in [2.75, 3.05) is 38.2 Å². The normalized spacial score (nSPS) is 22.2. The lowest BCUT2D eigenvalue weighted by molar-refractivity contribution is 0.0844. The highest BCUT2D eigenvalue weighted by Crippen LogP contribution is 2.29. The van der Waals surface area contributed by atoms with Crippen LogP contribution >= 0.6 is 0 Å². The Morgan fingerprint density at radius 2 is 2.00 bits per heavy atom. The third-order valence-electron chi connectivity index (χ3n) is 6.58. The Hall–Kier alpha value is -1.66.